The number of anilines is 1. The number of rotatable bonds is 1. The molecule has 1 aliphatic rings. The summed E-state index contributed by atoms with van der Waals surface area (Å²) in [6.07, 6.45) is -0.355. The zero-order valence-electron chi connectivity index (χ0n) is 14.6. The molecule has 1 aliphatic heterocycles. The minimum Gasteiger partial charge on any atom is -0.489 e. The van der Waals surface area contributed by atoms with Crippen molar-refractivity contribution in [3.8, 4) is 5.75 Å². The van der Waals surface area contributed by atoms with Gasteiger partial charge < -0.3 is 9.47 Å². The Kier molecular flexibility index (Phi) is 4.22. The molecule has 24 heavy (non-hydrogen) atoms. The van der Waals surface area contributed by atoms with Crippen LogP contribution in [-0.2, 0) is 4.74 Å². The zero-order chi connectivity index (χ0) is 17.3. The Morgan fingerprint density at radius 3 is 2.54 bits per heavy atom. The standard InChI is InChI=1S/C20H23NO3/c1-14-10-11-18-16(12-14)21(19(22)24-20(2,3)4)17(13-23-18)15-8-6-5-7-9-15/h5-12,17H,13H2,1-4H3/t17-/m0/s1. The van der Waals surface area contributed by atoms with Gasteiger partial charge in [-0.2, -0.15) is 0 Å². The highest BCUT2D eigenvalue weighted by Crippen LogP contribution is 2.40. The van der Waals surface area contributed by atoms with Crippen molar-refractivity contribution in [2.45, 2.75) is 39.3 Å². The molecule has 4 nitrogen and oxygen atoms in total. The fourth-order valence-corrected chi connectivity index (χ4v) is 2.81. The molecular weight excluding hydrogens is 302 g/mol. The first-order chi connectivity index (χ1) is 11.3. The van der Waals surface area contributed by atoms with Crippen molar-refractivity contribution in [1.82, 2.24) is 0 Å². The summed E-state index contributed by atoms with van der Waals surface area (Å²) in [5, 5.41) is 0. The number of fused-ring (bicyclic) bond motifs is 1. The third-order valence-electron chi connectivity index (χ3n) is 3.86. The van der Waals surface area contributed by atoms with Crippen LogP contribution in [0.25, 0.3) is 0 Å². The Morgan fingerprint density at radius 1 is 1.17 bits per heavy atom. The van der Waals surface area contributed by atoms with Gasteiger partial charge in [0.1, 0.15) is 18.0 Å². The van der Waals surface area contributed by atoms with Crippen LogP contribution in [0.3, 0.4) is 0 Å². The highest BCUT2D eigenvalue weighted by Gasteiger charge is 2.36. The van der Waals surface area contributed by atoms with Crippen LogP contribution < -0.4 is 9.64 Å². The van der Waals surface area contributed by atoms with Crippen LogP contribution in [-0.4, -0.2) is 18.3 Å². The van der Waals surface area contributed by atoms with E-state index in [2.05, 4.69) is 0 Å². The summed E-state index contributed by atoms with van der Waals surface area (Å²) in [4.78, 5) is 14.6. The number of benzene rings is 2. The molecule has 2 aromatic carbocycles. The van der Waals surface area contributed by atoms with E-state index in [1.165, 1.54) is 0 Å². The Bertz CT molecular complexity index is 734. The zero-order valence-corrected chi connectivity index (χ0v) is 14.6. The van der Waals surface area contributed by atoms with Crippen molar-refractivity contribution in [1.29, 1.82) is 0 Å². The first-order valence-electron chi connectivity index (χ1n) is 8.16. The van der Waals surface area contributed by atoms with E-state index in [1.54, 1.807) is 4.90 Å². The van der Waals surface area contributed by atoms with Crippen molar-refractivity contribution < 1.29 is 14.3 Å². The van der Waals surface area contributed by atoms with Crippen LogP contribution in [0.5, 0.6) is 5.75 Å². The van der Waals surface area contributed by atoms with Crippen molar-refractivity contribution in [3.05, 3.63) is 59.7 Å². The molecule has 0 aromatic heterocycles. The van der Waals surface area contributed by atoms with Gasteiger partial charge in [0.25, 0.3) is 0 Å². The average molecular weight is 325 g/mol. The second-order valence-corrected chi connectivity index (χ2v) is 7.06. The quantitative estimate of drug-likeness (QED) is 0.751. The summed E-state index contributed by atoms with van der Waals surface area (Å²) in [5.41, 5.74) is 2.29. The lowest BCUT2D eigenvalue weighted by atomic mass is 10.0. The largest absolute Gasteiger partial charge is 0.489 e. The maximum absolute atomic E-state index is 12.9. The molecule has 1 amide bonds. The summed E-state index contributed by atoms with van der Waals surface area (Å²) in [6.45, 7) is 8.03. The van der Waals surface area contributed by atoms with E-state index < -0.39 is 5.60 Å². The molecule has 0 fully saturated rings. The molecule has 0 saturated carbocycles. The van der Waals surface area contributed by atoms with Crippen LogP contribution in [0.1, 0.15) is 37.9 Å². The van der Waals surface area contributed by atoms with Crippen LogP contribution in [0.15, 0.2) is 48.5 Å². The number of aryl methyl sites for hydroxylation is 1. The highest BCUT2D eigenvalue weighted by molar-refractivity contribution is 5.91. The van der Waals surface area contributed by atoms with Gasteiger partial charge in [-0.3, -0.25) is 4.90 Å². The average Bonchev–Trinajstić information content (AvgIpc) is 2.52. The van der Waals surface area contributed by atoms with Crippen molar-refractivity contribution in [2.24, 2.45) is 0 Å². The number of amides is 1. The third kappa shape index (κ3) is 3.37. The van der Waals surface area contributed by atoms with Crippen LogP contribution in [0.2, 0.25) is 0 Å². The number of carbonyl (C=O) groups excluding carboxylic acids is 1. The summed E-state index contributed by atoms with van der Waals surface area (Å²) in [7, 11) is 0. The molecule has 0 spiro atoms. The lowest BCUT2D eigenvalue weighted by Crippen LogP contribution is -2.43. The van der Waals surface area contributed by atoms with Crippen molar-refractivity contribution in [3.63, 3.8) is 0 Å². The van der Waals surface area contributed by atoms with Gasteiger partial charge >= 0.3 is 6.09 Å². The Balaban J connectivity index is 2.05. The summed E-state index contributed by atoms with van der Waals surface area (Å²) in [6, 6.07) is 15.5. The molecule has 0 N–H and O–H groups in total. The minimum atomic E-state index is -0.555. The number of nitrogens with zero attached hydrogens (tertiary/aromatic N) is 1. The molecule has 1 heterocycles. The maximum Gasteiger partial charge on any atom is 0.415 e. The fourth-order valence-electron chi connectivity index (χ4n) is 2.81. The van der Waals surface area contributed by atoms with E-state index in [0.29, 0.717) is 12.4 Å². The van der Waals surface area contributed by atoms with Gasteiger partial charge in [0.15, 0.2) is 0 Å². The minimum absolute atomic E-state index is 0.213. The van der Waals surface area contributed by atoms with Crippen LogP contribution >= 0.6 is 0 Å². The molecule has 0 aliphatic carbocycles. The van der Waals surface area contributed by atoms with Crippen LogP contribution in [0, 0.1) is 6.92 Å². The molecule has 0 unspecified atom stereocenters. The number of carbonyl (C=O) groups is 1. The van der Waals surface area contributed by atoms with E-state index in [-0.39, 0.29) is 12.1 Å². The summed E-state index contributed by atoms with van der Waals surface area (Å²) < 4.78 is 11.6. The van der Waals surface area contributed by atoms with E-state index in [0.717, 1.165) is 16.8 Å². The normalized spacial score (nSPS) is 17.0. The lowest BCUT2D eigenvalue weighted by molar-refractivity contribution is 0.0542. The molecule has 126 valence electrons. The smallest absolute Gasteiger partial charge is 0.415 e. The molecule has 0 saturated heterocycles. The van der Waals surface area contributed by atoms with Crippen LogP contribution in [0.4, 0.5) is 10.5 Å². The van der Waals surface area contributed by atoms with Gasteiger partial charge in [-0.15, -0.1) is 0 Å². The van der Waals surface area contributed by atoms with Crippen molar-refractivity contribution in [2.75, 3.05) is 11.5 Å². The van der Waals surface area contributed by atoms with Gasteiger partial charge in [-0.1, -0.05) is 36.4 Å². The summed E-state index contributed by atoms with van der Waals surface area (Å²) >= 11 is 0. The predicted molar refractivity (Wildman–Crippen MR) is 94.6 cm³/mol. The van der Waals surface area contributed by atoms with Crippen molar-refractivity contribution >= 4 is 11.8 Å². The lowest BCUT2D eigenvalue weighted by Gasteiger charge is -2.38. The molecule has 2 aromatic rings. The van der Waals surface area contributed by atoms with Gasteiger partial charge in [-0.05, 0) is 51.0 Å². The molecule has 1 atom stereocenters. The molecule has 0 radical (unpaired) electrons. The van der Waals surface area contributed by atoms with Gasteiger partial charge in [0.2, 0.25) is 0 Å². The Hall–Kier alpha value is -2.49. The first kappa shape index (κ1) is 16.4. The van der Waals surface area contributed by atoms with E-state index in [1.807, 2.05) is 76.2 Å². The Morgan fingerprint density at radius 2 is 1.88 bits per heavy atom. The first-order valence-corrected chi connectivity index (χ1v) is 8.16. The second-order valence-electron chi connectivity index (χ2n) is 7.06. The fraction of sp³-hybridized carbons (Fsp3) is 0.350. The molecule has 0 bridgehead atoms. The molecule has 3 rings (SSSR count). The SMILES string of the molecule is Cc1ccc2c(c1)N(C(=O)OC(C)(C)C)[C@H](c1ccccc1)CO2. The van der Waals surface area contributed by atoms with Gasteiger partial charge in [-0.25, -0.2) is 4.79 Å². The van der Waals surface area contributed by atoms with E-state index >= 15 is 0 Å². The predicted octanol–water partition coefficient (Wildman–Crippen LogP) is 4.87. The highest BCUT2D eigenvalue weighted by atomic mass is 16.6. The monoisotopic (exact) mass is 325 g/mol. The van der Waals surface area contributed by atoms with Gasteiger partial charge in [0, 0.05) is 0 Å². The Labute approximate surface area is 143 Å². The van der Waals surface area contributed by atoms with E-state index in [4.69, 9.17) is 9.47 Å². The topological polar surface area (TPSA) is 38.8 Å². The van der Waals surface area contributed by atoms with Gasteiger partial charge in [0.05, 0.1) is 11.7 Å². The molecular formula is C20H23NO3. The third-order valence-corrected chi connectivity index (χ3v) is 3.86. The summed E-state index contributed by atoms with van der Waals surface area (Å²) in [5.74, 6) is 0.707. The second kappa shape index (κ2) is 6.19. The number of ether oxygens (including phenoxy) is 2. The maximum atomic E-state index is 12.9. The van der Waals surface area contributed by atoms with E-state index in [9.17, 15) is 4.79 Å². The number of hydrogen-bond donors (Lipinski definition) is 0. The number of hydrogen-bond acceptors (Lipinski definition) is 3. The molecule has 4 heteroatoms.